The van der Waals surface area contributed by atoms with Crippen LogP contribution in [0.3, 0.4) is 0 Å². The highest BCUT2D eigenvalue weighted by Crippen LogP contribution is 2.53. The van der Waals surface area contributed by atoms with Crippen LogP contribution >= 0.6 is 0 Å². The number of amides is 2. The van der Waals surface area contributed by atoms with Gasteiger partial charge in [-0.05, 0) is 104 Å². The number of hydrazine groups is 1. The lowest BCUT2D eigenvalue weighted by Gasteiger charge is -2.46. The second kappa shape index (κ2) is 14.0. The number of hydrazone groups is 1. The maximum atomic E-state index is 14.6. The summed E-state index contributed by atoms with van der Waals surface area (Å²) in [4.78, 5) is 34.8. The maximum absolute atomic E-state index is 14.6. The summed E-state index contributed by atoms with van der Waals surface area (Å²) in [6.07, 6.45) is 5.86. The Hall–Kier alpha value is -4.70. The standard InChI is InChI=1S/C37H45N7O3/c1-24(2)26-18-20-37(21-19-26)41-33(27-14-16-31(17-15-27)47-23-25-6-4-3-5-7-25)36(46)44(37)34(28-8-9-28)29-10-12-30(13-11-29)35(45)40-22-32(38)42-43-39/h3-7,10-17,24,26,28,34,43H,8-9,18-23,39H2,1-2H3,(H2,38,42)(H,40,45)/t26?,34-,37?/m1/s1. The fraction of sp³-hybridized carbons (Fsp3) is 0.405. The number of carbonyl (C=O) groups excluding carboxylic acids is 2. The minimum absolute atomic E-state index is 0.0204. The molecular formula is C37H45N7O3. The number of ether oxygens (including phenoxy) is 1. The Labute approximate surface area is 276 Å². The molecule has 6 rings (SSSR count). The van der Waals surface area contributed by atoms with Gasteiger partial charge in [-0.3, -0.25) is 14.6 Å². The van der Waals surface area contributed by atoms with E-state index in [1.54, 1.807) is 0 Å². The van der Waals surface area contributed by atoms with Crippen LogP contribution in [0.15, 0.2) is 89.0 Å². The Balaban J connectivity index is 1.25. The number of hydrogen-bond acceptors (Lipinski definition) is 7. The quantitative estimate of drug-likeness (QED) is 0.0947. The number of hydrogen-bond donors (Lipinski definition) is 4. The van der Waals surface area contributed by atoms with Gasteiger partial charge < -0.3 is 20.7 Å². The highest BCUT2D eigenvalue weighted by atomic mass is 16.5. The number of amidine groups is 1. The Morgan fingerprint density at radius 3 is 2.28 bits per heavy atom. The lowest BCUT2D eigenvalue weighted by atomic mass is 9.76. The van der Waals surface area contributed by atoms with Gasteiger partial charge in [0, 0.05) is 11.1 Å². The number of benzene rings is 3. The van der Waals surface area contributed by atoms with Gasteiger partial charge in [0.1, 0.15) is 29.6 Å². The molecule has 0 unspecified atom stereocenters. The first-order valence-electron chi connectivity index (χ1n) is 16.6. The molecular weight excluding hydrogens is 590 g/mol. The van der Waals surface area contributed by atoms with E-state index in [0.29, 0.717) is 35.6 Å². The minimum Gasteiger partial charge on any atom is -0.489 e. The third-order valence-electron chi connectivity index (χ3n) is 9.84. The van der Waals surface area contributed by atoms with Gasteiger partial charge in [-0.15, -0.1) is 0 Å². The Morgan fingerprint density at radius 1 is 0.979 bits per heavy atom. The summed E-state index contributed by atoms with van der Waals surface area (Å²) >= 11 is 0. The van der Waals surface area contributed by atoms with Crippen molar-refractivity contribution in [3.63, 3.8) is 0 Å². The normalized spacial score (nSPS) is 21.9. The summed E-state index contributed by atoms with van der Waals surface area (Å²) < 4.78 is 6.02. The Morgan fingerprint density at radius 2 is 1.66 bits per heavy atom. The van der Waals surface area contributed by atoms with Crippen molar-refractivity contribution < 1.29 is 14.3 Å². The molecule has 1 aliphatic heterocycles. The average Bonchev–Trinajstić information content (AvgIpc) is 3.90. The van der Waals surface area contributed by atoms with Crippen molar-refractivity contribution in [2.24, 2.45) is 39.4 Å². The molecule has 0 aromatic heterocycles. The van der Waals surface area contributed by atoms with E-state index in [1.165, 1.54) is 0 Å². The smallest absolute Gasteiger partial charge is 0.275 e. The third-order valence-corrected chi connectivity index (χ3v) is 9.84. The lowest BCUT2D eigenvalue weighted by Crippen LogP contribution is -2.51. The molecule has 10 nitrogen and oxygen atoms in total. The highest BCUT2D eigenvalue weighted by molar-refractivity contribution is 6.46. The van der Waals surface area contributed by atoms with E-state index in [-0.39, 0.29) is 30.2 Å². The van der Waals surface area contributed by atoms with Crippen LogP contribution in [0.5, 0.6) is 5.75 Å². The van der Waals surface area contributed by atoms with Gasteiger partial charge in [0.25, 0.3) is 11.8 Å². The van der Waals surface area contributed by atoms with E-state index < -0.39 is 5.66 Å². The average molecular weight is 636 g/mol. The molecule has 2 saturated carbocycles. The summed E-state index contributed by atoms with van der Waals surface area (Å²) in [5.74, 6) is 7.35. The third kappa shape index (κ3) is 7.17. The number of aliphatic imine (C=N–C) groups is 1. The van der Waals surface area contributed by atoms with Crippen LogP contribution in [-0.4, -0.2) is 40.5 Å². The molecule has 1 heterocycles. The van der Waals surface area contributed by atoms with Gasteiger partial charge in [0.2, 0.25) is 0 Å². The second-order valence-electron chi connectivity index (χ2n) is 13.3. The van der Waals surface area contributed by atoms with Crippen molar-refractivity contribution in [3.05, 3.63) is 101 Å². The first-order chi connectivity index (χ1) is 22.8. The van der Waals surface area contributed by atoms with Crippen LogP contribution < -0.4 is 27.2 Å². The molecule has 3 aliphatic rings. The largest absolute Gasteiger partial charge is 0.489 e. The zero-order valence-corrected chi connectivity index (χ0v) is 27.2. The summed E-state index contributed by atoms with van der Waals surface area (Å²) in [7, 11) is 0. The number of carbonyl (C=O) groups is 2. The second-order valence-corrected chi connectivity index (χ2v) is 13.3. The van der Waals surface area contributed by atoms with Crippen molar-refractivity contribution >= 4 is 23.4 Å². The predicted molar refractivity (Wildman–Crippen MR) is 183 cm³/mol. The first-order valence-corrected chi connectivity index (χ1v) is 16.6. The van der Waals surface area contributed by atoms with Crippen molar-refractivity contribution in [1.29, 1.82) is 0 Å². The molecule has 1 atom stereocenters. The topological polar surface area (TPSA) is 147 Å². The van der Waals surface area contributed by atoms with Crippen molar-refractivity contribution in [1.82, 2.24) is 15.8 Å². The van der Waals surface area contributed by atoms with Gasteiger partial charge in [-0.2, -0.15) is 5.10 Å². The zero-order chi connectivity index (χ0) is 33.0. The number of nitrogens with two attached hydrogens (primary N) is 2. The van der Waals surface area contributed by atoms with E-state index in [1.807, 2.05) is 78.9 Å². The number of nitrogens with one attached hydrogen (secondary N) is 2. The van der Waals surface area contributed by atoms with Crippen LogP contribution in [0.1, 0.15) is 85.5 Å². The fourth-order valence-corrected chi connectivity index (χ4v) is 7.03. The fourth-order valence-electron chi connectivity index (χ4n) is 7.03. The highest BCUT2D eigenvalue weighted by Gasteiger charge is 2.54. The van der Waals surface area contributed by atoms with Gasteiger partial charge in [-0.1, -0.05) is 56.3 Å². The van der Waals surface area contributed by atoms with Crippen LogP contribution in [0, 0.1) is 17.8 Å². The van der Waals surface area contributed by atoms with Crippen molar-refractivity contribution in [2.45, 2.75) is 70.7 Å². The van der Waals surface area contributed by atoms with Gasteiger partial charge >= 0.3 is 0 Å². The molecule has 3 aromatic rings. The maximum Gasteiger partial charge on any atom is 0.275 e. The minimum atomic E-state index is -0.586. The molecule has 0 radical (unpaired) electrons. The molecule has 10 heteroatoms. The summed E-state index contributed by atoms with van der Waals surface area (Å²) in [5.41, 5.74) is 11.2. The SMILES string of the molecule is CC(C)C1CCC2(CC1)N=C(c1ccc(OCc3ccccc3)cc1)C(=O)N2[C@@H](c1ccc(C(=O)NCC(N)=NNN)cc1)C1CC1. The Bertz CT molecular complexity index is 1610. The summed E-state index contributed by atoms with van der Waals surface area (Å²) in [6, 6.07) is 25.3. The number of rotatable bonds is 12. The monoisotopic (exact) mass is 635 g/mol. The molecule has 47 heavy (non-hydrogen) atoms. The van der Waals surface area contributed by atoms with E-state index in [4.69, 9.17) is 21.3 Å². The molecule has 0 bridgehead atoms. The van der Waals surface area contributed by atoms with E-state index in [9.17, 15) is 9.59 Å². The van der Waals surface area contributed by atoms with Crippen LogP contribution in [0.4, 0.5) is 0 Å². The van der Waals surface area contributed by atoms with Crippen molar-refractivity contribution in [3.8, 4) is 5.75 Å². The summed E-state index contributed by atoms with van der Waals surface area (Å²) in [6.45, 7) is 5.12. The van der Waals surface area contributed by atoms with E-state index in [0.717, 1.165) is 61.0 Å². The van der Waals surface area contributed by atoms with Gasteiger partial charge in [0.15, 0.2) is 0 Å². The van der Waals surface area contributed by atoms with Crippen LogP contribution in [0.25, 0.3) is 0 Å². The molecule has 6 N–H and O–H groups in total. The molecule has 1 spiro atoms. The molecule has 2 amide bonds. The van der Waals surface area contributed by atoms with Crippen LogP contribution in [-0.2, 0) is 11.4 Å². The molecule has 2 fully saturated rings. The predicted octanol–water partition coefficient (Wildman–Crippen LogP) is 5.06. The van der Waals surface area contributed by atoms with Gasteiger partial charge in [-0.25, -0.2) is 11.4 Å². The molecule has 0 saturated heterocycles. The lowest BCUT2D eigenvalue weighted by molar-refractivity contribution is -0.134. The molecule has 246 valence electrons. The Kier molecular flexibility index (Phi) is 9.58. The van der Waals surface area contributed by atoms with Gasteiger partial charge in [0.05, 0.1) is 12.6 Å². The van der Waals surface area contributed by atoms with Crippen molar-refractivity contribution in [2.75, 3.05) is 6.54 Å². The first kappa shape index (κ1) is 32.2. The zero-order valence-electron chi connectivity index (χ0n) is 27.2. The number of nitrogens with zero attached hydrogens (tertiary/aromatic N) is 3. The summed E-state index contributed by atoms with van der Waals surface area (Å²) in [5, 5.41) is 6.42. The van der Waals surface area contributed by atoms with Crippen LogP contribution in [0.2, 0.25) is 0 Å². The van der Waals surface area contributed by atoms with E-state index >= 15 is 0 Å². The van der Waals surface area contributed by atoms with E-state index in [2.05, 4.69) is 34.7 Å². The molecule has 3 aromatic carbocycles. The molecule has 2 aliphatic carbocycles.